The summed E-state index contributed by atoms with van der Waals surface area (Å²) in [6.07, 6.45) is 0.294. The van der Waals surface area contributed by atoms with E-state index < -0.39 is 12.0 Å². The molecule has 0 aliphatic carbocycles. The number of carbonyl (C=O) groups is 1. The molecule has 2 atom stereocenters. The normalized spacial score (nSPS) is 13.1. The van der Waals surface area contributed by atoms with E-state index in [0.717, 1.165) is 10.4 Å². The highest BCUT2D eigenvalue weighted by molar-refractivity contribution is 7.16. The SMILES string of the molecule is [N-]=[N+]=N[C@H](c1ccc(Cl)s1)[C@H](CCC(=O)O)c1cccc(Cl)c1. The average Bonchev–Trinajstić information content (AvgIpc) is 2.92. The quantitative estimate of drug-likeness (QED) is 0.365. The van der Waals surface area contributed by atoms with Crippen molar-refractivity contribution in [3.05, 3.63) is 66.6 Å². The number of rotatable bonds is 7. The molecule has 0 aliphatic heterocycles. The van der Waals surface area contributed by atoms with Crippen molar-refractivity contribution in [2.24, 2.45) is 5.11 Å². The van der Waals surface area contributed by atoms with Crippen LogP contribution in [-0.2, 0) is 4.79 Å². The van der Waals surface area contributed by atoms with Gasteiger partial charge >= 0.3 is 5.97 Å². The second-order valence-corrected chi connectivity index (χ2v) is 7.07. The monoisotopic (exact) mass is 369 g/mol. The van der Waals surface area contributed by atoms with Gasteiger partial charge in [-0.1, -0.05) is 40.4 Å². The summed E-state index contributed by atoms with van der Waals surface area (Å²) in [5, 5.41) is 13.4. The minimum absolute atomic E-state index is 0.0340. The van der Waals surface area contributed by atoms with Gasteiger partial charge in [0.25, 0.3) is 0 Å². The Morgan fingerprint density at radius 3 is 2.70 bits per heavy atom. The fraction of sp³-hybridized carbons (Fsp3) is 0.267. The van der Waals surface area contributed by atoms with E-state index in [0.29, 0.717) is 15.8 Å². The molecule has 2 aromatic rings. The van der Waals surface area contributed by atoms with E-state index in [-0.39, 0.29) is 12.3 Å². The third-order valence-electron chi connectivity index (χ3n) is 3.39. The van der Waals surface area contributed by atoms with Crippen LogP contribution in [0.15, 0.2) is 41.5 Å². The zero-order chi connectivity index (χ0) is 16.8. The van der Waals surface area contributed by atoms with Crippen molar-refractivity contribution >= 4 is 40.5 Å². The molecule has 2 rings (SSSR count). The molecule has 0 unspecified atom stereocenters. The summed E-state index contributed by atoms with van der Waals surface area (Å²) in [4.78, 5) is 14.7. The standard InChI is InChI=1S/C15H13Cl2N3O2S/c16-10-3-1-2-9(8-10)11(4-7-14(21)22)15(19-20-18)12-5-6-13(17)23-12/h1-3,5-6,8,11,15H,4,7H2,(H,21,22)/t11-,15+/m1/s1. The van der Waals surface area contributed by atoms with Crippen LogP contribution >= 0.6 is 34.5 Å². The van der Waals surface area contributed by atoms with Gasteiger partial charge in [-0.15, -0.1) is 11.3 Å². The van der Waals surface area contributed by atoms with Gasteiger partial charge < -0.3 is 5.11 Å². The van der Waals surface area contributed by atoms with Crippen molar-refractivity contribution in [2.75, 3.05) is 0 Å². The topological polar surface area (TPSA) is 86.1 Å². The highest BCUT2D eigenvalue weighted by Crippen LogP contribution is 2.41. The van der Waals surface area contributed by atoms with Crippen LogP contribution < -0.4 is 0 Å². The third kappa shape index (κ3) is 4.88. The molecule has 0 amide bonds. The van der Waals surface area contributed by atoms with Crippen molar-refractivity contribution in [1.82, 2.24) is 0 Å². The molecular weight excluding hydrogens is 357 g/mol. The second-order valence-electron chi connectivity index (χ2n) is 4.89. The summed E-state index contributed by atoms with van der Waals surface area (Å²) in [6.45, 7) is 0. The molecule has 5 nitrogen and oxygen atoms in total. The minimum atomic E-state index is -0.902. The van der Waals surface area contributed by atoms with Gasteiger partial charge in [0.15, 0.2) is 0 Å². The van der Waals surface area contributed by atoms with Crippen LogP contribution in [0.3, 0.4) is 0 Å². The zero-order valence-electron chi connectivity index (χ0n) is 11.9. The van der Waals surface area contributed by atoms with Gasteiger partial charge in [-0.25, -0.2) is 0 Å². The van der Waals surface area contributed by atoms with E-state index in [4.69, 9.17) is 33.8 Å². The lowest BCUT2D eigenvalue weighted by Gasteiger charge is -2.23. The number of hydrogen-bond acceptors (Lipinski definition) is 3. The highest BCUT2D eigenvalue weighted by Gasteiger charge is 2.26. The Labute approximate surface area is 147 Å². The maximum absolute atomic E-state index is 11.0. The molecule has 23 heavy (non-hydrogen) atoms. The molecule has 0 aliphatic rings. The van der Waals surface area contributed by atoms with Crippen LogP contribution in [-0.4, -0.2) is 11.1 Å². The number of thiophene rings is 1. The van der Waals surface area contributed by atoms with Crippen molar-refractivity contribution in [1.29, 1.82) is 0 Å². The maximum atomic E-state index is 11.0. The fourth-order valence-corrected chi connectivity index (χ4v) is 3.76. The number of azide groups is 1. The Hall–Kier alpha value is -1.72. The second kappa shape index (κ2) is 8.22. The van der Waals surface area contributed by atoms with Crippen LogP contribution in [0.2, 0.25) is 9.36 Å². The predicted molar refractivity (Wildman–Crippen MR) is 92.3 cm³/mol. The lowest BCUT2D eigenvalue weighted by Crippen LogP contribution is -2.11. The summed E-state index contributed by atoms with van der Waals surface area (Å²) in [5.41, 5.74) is 9.75. The largest absolute Gasteiger partial charge is 0.481 e. The molecule has 120 valence electrons. The number of aliphatic carboxylic acids is 1. The Morgan fingerprint density at radius 2 is 2.13 bits per heavy atom. The van der Waals surface area contributed by atoms with Gasteiger partial charge in [0.05, 0.1) is 10.4 Å². The van der Waals surface area contributed by atoms with Crippen LogP contribution in [0.1, 0.15) is 35.2 Å². The van der Waals surface area contributed by atoms with E-state index in [1.807, 2.05) is 6.07 Å². The van der Waals surface area contributed by atoms with Gasteiger partial charge in [0, 0.05) is 21.2 Å². The predicted octanol–water partition coefficient (Wildman–Crippen LogP) is 6.05. The van der Waals surface area contributed by atoms with E-state index in [1.165, 1.54) is 11.3 Å². The van der Waals surface area contributed by atoms with E-state index in [1.54, 1.807) is 30.3 Å². The van der Waals surface area contributed by atoms with Gasteiger partial charge in [0.1, 0.15) is 0 Å². The number of nitrogens with zero attached hydrogens (tertiary/aromatic N) is 3. The number of halogens is 2. The Bertz CT molecular complexity index is 744. The highest BCUT2D eigenvalue weighted by atomic mass is 35.5. The number of benzene rings is 1. The van der Waals surface area contributed by atoms with Crippen molar-refractivity contribution in [3.8, 4) is 0 Å². The molecule has 0 saturated carbocycles. The smallest absolute Gasteiger partial charge is 0.303 e. The first kappa shape index (κ1) is 17.6. The molecule has 0 saturated heterocycles. The molecule has 1 aromatic carbocycles. The van der Waals surface area contributed by atoms with Crippen LogP contribution in [0.5, 0.6) is 0 Å². The van der Waals surface area contributed by atoms with Gasteiger partial charge in [-0.3, -0.25) is 4.79 Å². The summed E-state index contributed by atoms with van der Waals surface area (Å²) in [5.74, 6) is -1.20. The average molecular weight is 370 g/mol. The third-order valence-corrected chi connectivity index (χ3v) is 4.93. The maximum Gasteiger partial charge on any atom is 0.303 e. The van der Waals surface area contributed by atoms with Gasteiger partial charge in [-0.2, -0.15) is 0 Å². The molecule has 0 fully saturated rings. The van der Waals surface area contributed by atoms with Crippen molar-refractivity contribution < 1.29 is 9.90 Å². The summed E-state index contributed by atoms with van der Waals surface area (Å²) >= 11 is 13.3. The molecule has 1 heterocycles. The van der Waals surface area contributed by atoms with Gasteiger partial charge in [-0.05, 0) is 47.7 Å². The van der Waals surface area contributed by atoms with Crippen LogP contribution in [0.4, 0.5) is 0 Å². The Balaban J connectivity index is 2.43. The molecule has 0 radical (unpaired) electrons. The molecular formula is C15H13Cl2N3O2S. The summed E-state index contributed by atoms with van der Waals surface area (Å²) in [6, 6.07) is 10.1. The summed E-state index contributed by atoms with van der Waals surface area (Å²) < 4.78 is 0.584. The molecule has 0 spiro atoms. The number of carboxylic acid groups (broad SMARTS) is 1. The molecule has 0 bridgehead atoms. The first-order chi connectivity index (χ1) is 11.0. The van der Waals surface area contributed by atoms with Gasteiger partial charge in [0.2, 0.25) is 0 Å². The first-order valence-electron chi connectivity index (χ1n) is 6.78. The first-order valence-corrected chi connectivity index (χ1v) is 8.35. The van der Waals surface area contributed by atoms with E-state index in [9.17, 15) is 4.79 Å². The Morgan fingerprint density at radius 1 is 1.35 bits per heavy atom. The fourth-order valence-electron chi connectivity index (χ4n) is 2.40. The molecule has 1 aromatic heterocycles. The lowest BCUT2D eigenvalue weighted by molar-refractivity contribution is -0.137. The molecule has 8 heteroatoms. The zero-order valence-corrected chi connectivity index (χ0v) is 14.2. The molecule has 1 N–H and O–H groups in total. The minimum Gasteiger partial charge on any atom is -0.481 e. The van der Waals surface area contributed by atoms with Crippen LogP contribution in [0, 0.1) is 0 Å². The van der Waals surface area contributed by atoms with Crippen molar-refractivity contribution in [3.63, 3.8) is 0 Å². The van der Waals surface area contributed by atoms with E-state index >= 15 is 0 Å². The van der Waals surface area contributed by atoms with E-state index in [2.05, 4.69) is 10.0 Å². The Kier molecular flexibility index (Phi) is 6.30. The number of hydrogen-bond donors (Lipinski definition) is 1. The lowest BCUT2D eigenvalue weighted by atomic mass is 9.87. The van der Waals surface area contributed by atoms with Crippen molar-refractivity contribution in [2.45, 2.75) is 24.8 Å². The van der Waals surface area contributed by atoms with Crippen LogP contribution in [0.25, 0.3) is 10.4 Å². The summed E-state index contributed by atoms with van der Waals surface area (Å²) in [7, 11) is 0. The number of carboxylic acids is 1.